The molecule has 6 heteroatoms. The van der Waals surface area contributed by atoms with Gasteiger partial charge in [0.2, 0.25) is 11.8 Å². The van der Waals surface area contributed by atoms with Crippen LogP contribution in [0.2, 0.25) is 0 Å². The fourth-order valence-corrected chi connectivity index (χ4v) is 5.24. The molecule has 1 fully saturated rings. The van der Waals surface area contributed by atoms with Crippen molar-refractivity contribution in [2.75, 3.05) is 40.3 Å². The first-order valence-electron chi connectivity index (χ1n) is 12.6. The van der Waals surface area contributed by atoms with Gasteiger partial charge in [0.05, 0.1) is 0 Å². The Morgan fingerprint density at radius 1 is 1.00 bits per heavy atom. The third-order valence-electron chi connectivity index (χ3n) is 6.88. The molecule has 1 aliphatic rings. The van der Waals surface area contributed by atoms with Crippen LogP contribution >= 0.6 is 0 Å². The highest BCUT2D eigenvalue weighted by Gasteiger charge is 2.29. The number of likely N-dealkylation sites (tertiary alicyclic amines) is 1. The minimum absolute atomic E-state index is 0.0197. The van der Waals surface area contributed by atoms with Crippen LogP contribution in [0.25, 0.3) is 22.2 Å². The van der Waals surface area contributed by atoms with Crippen LogP contribution in [0.5, 0.6) is 0 Å². The molecule has 0 radical (unpaired) electrons. The number of nitrogens with zero attached hydrogens (tertiary/aromatic N) is 3. The van der Waals surface area contributed by atoms with Gasteiger partial charge < -0.3 is 19.7 Å². The van der Waals surface area contributed by atoms with Gasteiger partial charge in [-0.3, -0.25) is 9.59 Å². The molecule has 1 aliphatic heterocycles. The van der Waals surface area contributed by atoms with E-state index in [2.05, 4.69) is 73.1 Å². The normalized spacial score (nSPS) is 15.1. The predicted octanol–water partition coefficient (Wildman–Crippen LogP) is 4.25. The summed E-state index contributed by atoms with van der Waals surface area (Å²) < 4.78 is 2.12. The fraction of sp³-hybridized carbons (Fsp3) is 0.448. The molecule has 2 aromatic carbocycles. The highest BCUT2D eigenvalue weighted by Crippen LogP contribution is 2.29. The molecular weight excluding hydrogens is 436 g/mol. The van der Waals surface area contributed by atoms with Gasteiger partial charge in [-0.2, -0.15) is 0 Å². The Hall–Kier alpha value is -3.12. The molecule has 6 nitrogen and oxygen atoms in total. The lowest BCUT2D eigenvalue weighted by atomic mass is 9.91. The number of carbonyl (C=O) groups is 2. The third-order valence-corrected chi connectivity index (χ3v) is 6.88. The van der Waals surface area contributed by atoms with Crippen LogP contribution < -0.4 is 5.32 Å². The molecule has 2 heterocycles. The molecular formula is C29H38N4O2. The third kappa shape index (κ3) is 6.12. The molecule has 1 aromatic heterocycles. The molecule has 2 amide bonds. The number of benzene rings is 2. The van der Waals surface area contributed by atoms with Crippen LogP contribution in [0.4, 0.5) is 0 Å². The maximum atomic E-state index is 13.3. The molecule has 0 aliphatic carbocycles. The van der Waals surface area contributed by atoms with E-state index < -0.39 is 0 Å². The molecule has 0 atom stereocenters. The van der Waals surface area contributed by atoms with Crippen LogP contribution in [0.3, 0.4) is 0 Å². The zero-order chi connectivity index (χ0) is 25.0. The highest BCUT2D eigenvalue weighted by molar-refractivity contribution is 5.89. The van der Waals surface area contributed by atoms with Gasteiger partial charge in [0.25, 0.3) is 0 Å². The maximum absolute atomic E-state index is 13.3. The first kappa shape index (κ1) is 25.0. The topological polar surface area (TPSA) is 57.6 Å². The lowest BCUT2D eigenvalue weighted by Gasteiger charge is -2.33. The van der Waals surface area contributed by atoms with E-state index in [-0.39, 0.29) is 23.1 Å². The smallest absolute Gasteiger partial charge is 0.242 e. The van der Waals surface area contributed by atoms with Crippen molar-refractivity contribution in [2.24, 2.45) is 11.3 Å². The van der Waals surface area contributed by atoms with E-state index in [0.29, 0.717) is 39.0 Å². The van der Waals surface area contributed by atoms with E-state index in [1.54, 1.807) is 0 Å². The summed E-state index contributed by atoms with van der Waals surface area (Å²) in [5, 5.41) is 4.28. The monoisotopic (exact) mass is 474 g/mol. The Bertz CT molecular complexity index is 1160. The Kier molecular flexibility index (Phi) is 7.60. The number of hydrogen-bond donors (Lipinski definition) is 1. The molecule has 1 saturated heterocycles. The molecule has 1 N–H and O–H groups in total. The van der Waals surface area contributed by atoms with E-state index in [9.17, 15) is 9.59 Å². The number of rotatable bonds is 8. The fourth-order valence-electron chi connectivity index (χ4n) is 5.24. The van der Waals surface area contributed by atoms with E-state index in [1.165, 1.54) is 0 Å². The van der Waals surface area contributed by atoms with Gasteiger partial charge in [0.15, 0.2) is 0 Å². The average Bonchev–Trinajstić information content (AvgIpc) is 3.21. The van der Waals surface area contributed by atoms with E-state index in [4.69, 9.17) is 0 Å². The Morgan fingerprint density at radius 2 is 1.66 bits per heavy atom. The van der Waals surface area contributed by atoms with Gasteiger partial charge in [-0.25, -0.2) is 0 Å². The number of nitrogens with one attached hydrogen (secondary N) is 1. The van der Waals surface area contributed by atoms with Gasteiger partial charge in [0, 0.05) is 48.7 Å². The van der Waals surface area contributed by atoms with Crippen molar-refractivity contribution in [3.05, 3.63) is 60.7 Å². The minimum Gasteiger partial charge on any atom is -0.355 e. The summed E-state index contributed by atoms with van der Waals surface area (Å²) in [6, 6.07) is 20.6. The second-order valence-electron chi connectivity index (χ2n) is 10.8. The lowest BCUT2D eigenvalue weighted by Crippen LogP contribution is -2.46. The number of piperidine rings is 1. The number of amides is 2. The first-order chi connectivity index (χ1) is 16.7. The summed E-state index contributed by atoms with van der Waals surface area (Å²) in [4.78, 5) is 30.2. The number of para-hydroxylation sites is 1. The van der Waals surface area contributed by atoms with Crippen molar-refractivity contribution < 1.29 is 9.59 Å². The van der Waals surface area contributed by atoms with Gasteiger partial charge in [0.1, 0.15) is 6.54 Å². The number of hydrogen-bond acceptors (Lipinski definition) is 3. The maximum Gasteiger partial charge on any atom is 0.242 e. The second kappa shape index (κ2) is 10.6. The summed E-state index contributed by atoms with van der Waals surface area (Å²) >= 11 is 0. The molecule has 0 saturated carbocycles. The first-order valence-corrected chi connectivity index (χ1v) is 12.6. The van der Waals surface area contributed by atoms with Gasteiger partial charge >= 0.3 is 0 Å². The van der Waals surface area contributed by atoms with Crippen molar-refractivity contribution >= 4 is 22.7 Å². The molecule has 0 bridgehead atoms. The van der Waals surface area contributed by atoms with Gasteiger partial charge in [-0.15, -0.1) is 0 Å². The van der Waals surface area contributed by atoms with Gasteiger partial charge in [-0.05, 0) is 50.0 Å². The van der Waals surface area contributed by atoms with E-state index >= 15 is 0 Å². The standard InChI is InChI=1S/C29H38N4O2/c1-29(2,21-31(3)4)20-30-28(35)23-14-16-32(17-15-23)27(34)19-33-25-13-9-8-12-24(25)18-26(33)22-10-6-5-7-11-22/h5-13,18,23H,14-17,19-21H2,1-4H3,(H,30,35). The summed E-state index contributed by atoms with van der Waals surface area (Å²) in [5.41, 5.74) is 3.24. The van der Waals surface area contributed by atoms with Crippen LogP contribution in [0.15, 0.2) is 60.7 Å². The van der Waals surface area contributed by atoms with Crippen molar-refractivity contribution in [3.8, 4) is 11.3 Å². The quantitative estimate of drug-likeness (QED) is 0.531. The van der Waals surface area contributed by atoms with Crippen LogP contribution in [-0.2, 0) is 16.1 Å². The predicted molar refractivity (Wildman–Crippen MR) is 142 cm³/mol. The zero-order valence-electron chi connectivity index (χ0n) is 21.5. The molecule has 186 valence electrons. The molecule has 35 heavy (non-hydrogen) atoms. The number of fused-ring (bicyclic) bond motifs is 1. The second-order valence-corrected chi connectivity index (χ2v) is 10.8. The SMILES string of the molecule is CN(C)CC(C)(C)CNC(=O)C1CCN(C(=O)Cn2c(-c3ccccc3)cc3ccccc32)CC1. The average molecular weight is 475 g/mol. The minimum atomic E-state index is -0.0264. The van der Waals surface area contributed by atoms with Gasteiger partial charge in [-0.1, -0.05) is 62.4 Å². The summed E-state index contributed by atoms with van der Waals surface area (Å²) in [6.45, 7) is 7.46. The largest absolute Gasteiger partial charge is 0.355 e. The summed E-state index contributed by atoms with van der Waals surface area (Å²) in [7, 11) is 4.10. The number of carbonyl (C=O) groups excluding carboxylic acids is 2. The van der Waals surface area contributed by atoms with E-state index in [1.807, 2.05) is 35.2 Å². The van der Waals surface area contributed by atoms with Crippen molar-refractivity contribution in [3.63, 3.8) is 0 Å². The molecule has 3 aromatic rings. The van der Waals surface area contributed by atoms with Crippen molar-refractivity contribution in [1.82, 2.24) is 19.7 Å². The highest BCUT2D eigenvalue weighted by atomic mass is 16.2. The van der Waals surface area contributed by atoms with Crippen molar-refractivity contribution in [2.45, 2.75) is 33.2 Å². The van der Waals surface area contributed by atoms with Crippen LogP contribution in [-0.4, -0.2) is 66.5 Å². The Balaban J connectivity index is 1.38. The van der Waals surface area contributed by atoms with Crippen LogP contribution in [0, 0.1) is 11.3 Å². The van der Waals surface area contributed by atoms with Crippen LogP contribution in [0.1, 0.15) is 26.7 Å². The summed E-state index contributed by atoms with van der Waals surface area (Å²) in [5.74, 6) is 0.197. The van der Waals surface area contributed by atoms with Crippen molar-refractivity contribution in [1.29, 1.82) is 0 Å². The molecule has 0 spiro atoms. The molecule has 0 unspecified atom stereocenters. The molecule has 4 rings (SSSR count). The lowest BCUT2D eigenvalue weighted by molar-refractivity contribution is -0.136. The summed E-state index contributed by atoms with van der Waals surface area (Å²) in [6.07, 6.45) is 1.42. The van der Waals surface area contributed by atoms with E-state index in [0.717, 1.165) is 28.7 Å². The Morgan fingerprint density at radius 3 is 2.34 bits per heavy atom. The number of aromatic nitrogens is 1. The zero-order valence-corrected chi connectivity index (χ0v) is 21.5. The Labute approximate surface area is 208 Å².